The first kappa shape index (κ1) is 23.4. The Hall–Kier alpha value is -2.22. The lowest BCUT2D eigenvalue weighted by Crippen LogP contribution is -2.39. The number of likely N-dealkylation sites (N-methyl/N-ethyl adjacent to an activating group) is 1. The average Bonchev–Trinajstić information content (AvgIpc) is 3.28. The van der Waals surface area contributed by atoms with Crippen molar-refractivity contribution in [2.75, 3.05) is 19.3 Å². The molecule has 3 N–H and O–H groups in total. The fourth-order valence-corrected chi connectivity index (χ4v) is 6.02. The van der Waals surface area contributed by atoms with Gasteiger partial charge in [-0.3, -0.25) is 10.2 Å². The summed E-state index contributed by atoms with van der Waals surface area (Å²) < 4.78 is 0. The van der Waals surface area contributed by atoms with E-state index in [1.54, 1.807) is 12.4 Å². The maximum atomic E-state index is 12.6. The van der Waals surface area contributed by atoms with Crippen LogP contribution in [0.4, 0.5) is 4.79 Å². The van der Waals surface area contributed by atoms with Crippen molar-refractivity contribution in [2.24, 2.45) is 11.8 Å². The molecule has 168 valence electrons. The van der Waals surface area contributed by atoms with Crippen LogP contribution in [0.3, 0.4) is 0 Å². The number of aromatic nitrogens is 1. The van der Waals surface area contributed by atoms with Crippen LogP contribution >= 0.6 is 11.8 Å². The largest absolute Gasteiger partial charge is 0.356 e. The molecule has 7 nitrogen and oxygen atoms in total. The molecule has 0 spiro atoms. The predicted octanol–water partition coefficient (Wildman–Crippen LogP) is 3.09. The van der Waals surface area contributed by atoms with Crippen LogP contribution < -0.4 is 10.6 Å². The van der Waals surface area contributed by atoms with E-state index < -0.39 is 0 Å². The first-order chi connectivity index (χ1) is 14.8. The number of thioether (sulfide) groups is 1. The summed E-state index contributed by atoms with van der Waals surface area (Å²) in [6.07, 6.45) is 6.64. The van der Waals surface area contributed by atoms with Crippen LogP contribution in [0.25, 0.3) is 0 Å². The van der Waals surface area contributed by atoms with Crippen LogP contribution in [-0.2, 0) is 4.79 Å². The molecule has 31 heavy (non-hydrogen) atoms. The van der Waals surface area contributed by atoms with Crippen LogP contribution in [0, 0.1) is 24.2 Å². The second-order valence-electron chi connectivity index (χ2n) is 8.78. The molecule has 8 heteroatoms. The van der Waals surface area contributed by atoms with Gasteiger partial charge in [0.1, 0.15) is 11.8 Å². The van der Waals surface area contributed by atoms with E-state index in [1.165, 1.54) is 0 Å². The SMILES string of the molecule is [CH2+]c1cnccc1C(=N)CCCNC(=O)C(C)C(C)CCC1SCC2NC(=O)N(C)C21. The molecule has 5 atom stereocenters. The van der Waals surface area contributed by atoms with Crippen LogP contribution in [-0.4, -0.2) is 64.2 Å². The fraction of sp³-hybridized carbons (Fsp3) is 0.609. The Morgan fingerprint density at radius 1 is 1.48 bits per heavy atom. The smallest absolute Gasteiger partial charge is 0.317 e. The third kappa shape index (κ3) is 5.53. The molecule has 3 heterocycles. The molecule has 0 saturated carbocycles. The summed E-state index contributed by atoms with van der Waals surface area (Å²) in [6.45, 7) is 8.61. The number of fused-ring (bicyclic) bond motifs is 1. The molecule has 2 aliphatic rings. The lowest BCUT2D eigenvalue weighted by Gasteiger charge is -2.26. The summed E-state index contributed by atoms with van der Waals surface area (Å²) in [6, 6.07) is 2.37. The van der Waals surface area contributed by atoms with Crippen molar-refractivity contribution in [3.05, 3.63) is 36.5 Å². The molecule has 1 aromatic heterocycles. The van der Waals surface area contributed by atoms with Gasteiger partial charge in [-0.25, -0.2) is 4.79 Å². The summed E-state index contributed by atoms with van der Waals surface area (Å²) >= 11 is 1.94. The summed E-state index contributed by atoms with van der Waals surface area (Å²) in [5.74, 6) is 1.26. The molecule has 3 rings (SSSR count). The lowest BCUT2D eigenvalue weighted by atomic mass is 9.89. The molecule has 0 bridgehead atoms. The Labute approximate surface area is 189 Å². The highest BCUT2D eigenvalue weighted by atomic mass is 32.2. The topological polar surface area (TPSA) is 98.2 Å². The Morgan fingerprint density at radius 2 is 2.26 bits per heavy atom. The molecule has 3 amide bonds. The first-order valence-corrected chi connectivity index (χ1v) is 12.1. The number of urea groups is 1. The summed E-state index contributed by atoms with van der Waals surface area (Å²) in [5.41, 5.74) is 2.11. The zero-order valence-corrected chi connectivity index (χ0v) is 19.5. The van der Waals surface area contributed by atoms with E-state index in [1.807, 2.05) is 36.7 Å². The average molecular weight is 445 g/mol. The number of rotatable bonds is 10. The van der Waals surface area contributed by atoms with Gasteiger partial charge in [0.15, 0.2) is 5.56 Å². The summed E-state index contributed by atoms with van der Waals surface area (Å²) in [4.78, 5) is 30.3. The summed E-state index contributed by atoms with van der Waals surface area (Å²) in [5, 5.41) is 14.7. The van der Waals surface area contributed by atoms with Crippen molar-refractivity contribution in [3.63, 3.8) is 0 Å². The Bertz CT molecular complexity index is 817. The number of pyridine rings is 1. The van der Waals surface area contributed by atoms with E-state index in [2.05, 4.69) is 29.5 Å². The first-order valence-electron chi connectivity index (χ1n) is 11.1. The van der Waals surface area contributed by atoms with Gasteiger partial charge in [0, 0.05) is 49.9 Å². The van der Waals surface area contributed by atoms with E-state index in [4.69, 9.17) is 5.41 Å². The molecule has 0 radical (unpaired) electrons. The number of hydrogen-bond donors (Lipinski definition) is 3. The molecule has 0 aliphatic carbocycles. The molecule has 2 aliphatic heterocycles. The number of carbonyl (C=O) groups is 2. The van der Waals surface area contributed by atoms with Crippen molar-refractivity contribution in [3.8, 4) is 0 Å². The Morgan fingerprint density at radius 3 is 3.00 bits per heavy atom. The van der Waals surface area contributed by atoms with E-state index in [0.29, 0.717) is 23.9 Å². The number of nitrogens with zero attached hydrogens (tertiary/aromatic N) is 2. The number of nitrogens with one attached hydrogen (secondary N) is 3. The number of amides is 3. The van der Waals surface area contributed by atoms with Gasteiger partial charge in [0.05, 0.1) is 24.0 Å². The van der Waals surface area contributed by atoms with Gasteiger partial charge in [-0.2, -0.15) is 16.7 Å². The quantitative estimate of drug-likeness (QED) is 0.224. The Balaban J connectivity index is 1.36. The van der Waals surface area contributed by atoms with Crippen molar-refractivity contribution in [1.82, 2.24) is 20.5 Å². The second kappa shape index (κ2) is 10.4. The fourth-order valence-electron chi connectivity index (χ4n) is 4.41. The van der Waals surface area contributed by atoms with E-state index in [-0.39, 0.29) is 35.9 Å². The number of hydrogen-bond acceptors (Lipinski definition) is 5. The molecule has 0 aromatic carbocycles. The van der Waals surface area contributed by atoms with Gasteiger partial charge >= 0.3 is 6.03 Å². The highest BCUT2D eigenvalue weighted by Crippen LogP contribution is 2.37. The van der Waals surface area contributed by atoms with Gasteiger partial charge in [0.2, 0.25) is 5.91 Å². The zero-order chi connectivity index (χ0) is 22.5. The van der Waals surface area contributed by atoms with Gasteiger partial charge in [-0.15, -0.1) is 0 Å². The van der Waals surface area contributed by atoms with Crippen LogP contribution in [0.15, 0.2) is 18.5 Å². The minimum absolute atomic E-state index is 0.0320. The minimum Gasteiger partial charge on any atom is -0.356 e. The van der Waals surface area contributed by atoms with E-state index in [9.17, 15) is 9.59 Å². The maximum Gasteiger partial charge on any atom is 0.317 e. The predicted molar refractivity (Wildman–Crippen MR) is 125 cm³/mol. The highest BCUT2D eigenvalue weighted by molar-refractivity contribution is 8.00. The molecule has 1 aromatic rings. The Kier molecular flexibility index (Phi) is 7.86. The molecular weight excluding hydrogens is 410 g/mol. The summed E-state index contributed by atoms with van der Waals surface area (Å²) in [7, 11) is 1.88. The van der Waals surface area contributed by atoms with Crippen LogP contribution in [0.5, 0.6) is 0 Å². The minimum atomic E-state index is -0.0608. The molecule has 2 fully saturated rings. The highest BCUT2D eigenvalue weighted by Gasteiger charge is 2.46. The lowest BCUT2D eigenvalue weighted by molar-refractivity contribution is -0.125. The van der Waals surface area contributed by atoms with Crippen molar-refractivity contribution in [2.45, 2.75) is 56.9 Å². The standard InChI is InChI=1S/C23H33N5O2S/c1-14(7-8-20-21-19(13-31-20)27-23(30)28(21)4)16(3)22(29)26-10-5-6-18(24)17-9-11-25-12-15(17)2/h9,11-12,14,16,19-21,24H,2,5-8,10,13H2,1,3-4H3,(H-,26,27,29,30)/p+1. The van der Waals surface area contributed by atoms with E-state index in [0.717, 1.165) is 36.1 Å². The van der Waals surface area contributed by atoms with Gasteiger partial charge in [-0.05, 0) is 25.2 Å². The third-order valence-electron chi connectivity index (χ3n) is 6.66. The van der Waals surface area contributed by atoms with Crippen LogP contribution in [0.2, 0.25) is 0 Å². The molecule has 2 saturated heterocycles. The normalized spacial score (nSPS) is 24.4. The monoisotopic (exact) mass is 444 g/mol. The van der Waals surface area contributed by atoms with Gasteiger partial charge in [-0.1, -0.05) is 13.8 Å². The van der Waals surface area contributed by atoms with E-state index >= 15 is 0 Å². The third-order valence-corrected chi connectivity index (χ3v) is 8.16. The maximum absolute atomic E-state index is 12.6. The molecule has 5 unspecified atom stereocenters. The van der Waals surface area contributed by atoms with Gasteiger partial charge in [0.25, 0.3) is 0 Å². The second-order valence-corrected chi connectivity index (χ2v) is 10.1. The van der Waals surface area contributed by atoms with Gasteiger partial charge < -0.3 is 15.5 Å². The zero-order valence-electron chi connectivity index (χ0n) is 18.7. The van der Waals surface area contributed by atoms with Crippen molar-refractivity contribution >= 4 is 29.4 Å². The number of carbonyl (C=O) groups excluding carboxylic acids is 2. The van der Waals surface area contributed by atoms with Crippen molar-refractivity contribution in [1.29, 1.82) is 5.41 Å². The molecular formula is C23H34N5O2S+. The van der Waals surface area contributed by atoms with Crippen LogP contribution in [0.1, 0.15) is 50.7 Å². The van der Waals surface area contributed by atoms with Crippen molar-refractivity contribution < 1.29 is 9.59 Å².